The van der Waals surface area contributed by atoms with E-state index in [4.69, 9.17) is 4.74 Å². The number of para-hydroxylation sites is 1. The van der Waals surface area contributed by atoms with Crippen LogP contribution in [0.15, 0.2) is 29.1 Å². The third-order valence-electron chi connectivity index (χ3n) is 5.80. The number of hydrogen-bond acceptors (Lipinski definition) is 4. The minimum absolute atomic E-state index is 0.0860. The van der Waals surface area contributed by atoms with E-state index in [1.54, 1.807) is 18.2 Å². The Labute approximate surface area is 162 Å². The standard InChI is InChI=1S/C20H25FN4O3/c21-16-3-1-2-4-17(16)25-18(22-23-20(25)27)13-14-5-9-24(10-6-14)19(26)15-7-11-28-12-8-15/h1-4,14-15H,5-13H2,(H,23,27). The highest BCUT2D eigenvalue weighted by Crippen LogP contribution is 2.25. The lowest BCUT2D eigenvalue weighted by molar-refractivity contribution is -0.139. The van der Waals surface area contributed by atoms with Gasteiger partial charge in [-0.2, -0.15) is 5.10 Å². The summed E-state index contributed by atoms with van der Waals surface area (Å²) in [6.45, 7) is 2.77. The minimum Gasteiger partial charge on any atom is -0.381 e. The van der Waals surface area contributed by atoms with E-state index in [2.05, 4.69) is 10.2 Å². The zero-order chi connectivity index (χ0) is 19.5. The summed E-state index contributed by atoms with van der Waals surface area (Å²) >= 11 is 0. The Morgan fingerprint density at radius 2 is 1.89 bits per heavy atom. The molecular weight excluding hydrogens is 363 g/mol. The number of hydrogen-bond donors (Lipinski definition) is 1. The van der Waals surface area contributed by atoms with Crippen molar-refractivity contribution in [3.05, 3.63) is 46.4 Å². The average molecular weight is 388 g/mol. The Bertz CT molecular complexity index is 880. The van der Waals surface area contributed by atoms with E-state index in [-0.39, 0.29) is 17.5 Å². The second-order valence-electron chi connectivity index (χ2n) is 7.59. The number of H-pyrrole nitrogens is 1. The lowest BCUT2D eigenvalue weighted by Crippen LogP contribution is -2.43. The summed E-state index contributed by atoms with van der Waals surface area (Å²) in [6.07, 6.45) is 3.90. The quantitative estimate of drug-likeness (QED) is 0.868. The van der Waals surface area contributed by atoms with Crippen LogP contribution in [0.2, 0.25) is 0 Å². The van der Waals surface area contributed by atoms with E-state index in [0.29, 0.717) is 31.4 Å². The second kappa shape index (κ2) is 8.26. The number of carbonyl (C=O) groups is 1. The van der Waals surface area contributed by atoms with E-state index in [1.165, 1.54) is 10.6 Å². The van der Waals surface area contributed by atoms with Crippen LogP contribution >= 0.6 is 0 Å². The van der Waals surface area contributed by atoms with Gasteiger partial charge in [-0.1, -0.05) is 12.1 Å². The molecule has 2 aromatic rings. The predicted octanol–water partition coefficient (Wildman–Crippen LogP) is 1.91. The van der Waals surface area contributed by atoms with Crippen LogP contribution in [0.5, 0.6) is 0 Å². The molecular formula is C20H25FN4O3. The Balaban J connectivity index is 1.40. The van der Waals surface area contributed by atoms with Gasteiger partial charge in [0, 0.05) is 38.6 Å². The van der Waals surface area contributed by atoms with E-state index < -0.39 is 11.5 Å². The summed E-state index contributed by atoms with van der Waals surface area (Å²) in [7, 11) is 0. The van der Waals surface area contributed by atoms with E-state index in [0.717, 1.165) is 38.8 Å². The molecule has 2 fully saturated rings. The third kappa shape index (κ3) is 3.87. The molecule has 3 heterocycles. The van der Waals surface area contributed by atoms with Crippen LogP contribution in [-0.2, 0) is 16.0 Å². The van der Waals surface area contributed by atoms with Gasteiger partial charge in [0.15, 0.2) is 0 Å². The summed E-state index contributed by atoms with van der Waals surface area (Å²) in [6, 6.07) is 6.20. The fourth-order valence-electron chi connectivity index (χ4n) is 4.17. The van der Waals surface area contributed by atoms with Gasteiger partial charge in [0.25, 0.3) is 0 Å². The zero-order valence-electron chi connectivity index (χ0n) is 15.8. The smallest absolute Gasteiger partial charge is 0.348 e. The van der Waals surface area contributed by atoms with Crippen LogP contribution in [0.3, 0.4) is 0 Å². The fraction of sp³-hybridized carbons (Fsp3) is 0.550. The molecule has 28 heavy (non-hydrogen) atoms. The van der Waals surface area contributed by atoms with Crippen molar-refractivity contribution in [1.29, 1.82) is 0 Å². The molecule has 0 spiro atoms. The third-order valence-corrected chi connectivity index (χ3v) is 5.80. The van der Waals surface area contributed by atoms with Crippen LogP contribution in [0.4, 0.5) is 4.39 Å². The van der Waals surface area contributed by atoms with Crippen molar-refractivity contribution in [2.45, 2.75) is 32.1 Å². The normalized spacial score (nSPS) is 19.1. The highest BCUT2D eigenvalue weighted by molar-refractivity contribution is 5.79. The van der Waals surface area contributed by atoms with Gasteiger partial charge in [-0.3, -0.25) is 4.79 Å². The number of likely N-dealkylation sites (tertiary alicyclic amines) is 1. The highest BCUT2D eigenvalue weighted by atomic mass is 19.1. The minimum atomic E-state index is -0.455. The highest BCUT2D eigenvalue weighted by Gasteiger charge is 2.30. The average Bonchev–Trinajstić information content (AvgIpc) is 3.09. The molecule has 2 saturated heterocycles. The van der Waals surface area contributed by atoms with Crippen molar-refractivity contribution in [1.82, 2.24) is 19.7 Å². The van der Waals surface area contributed by atoms with Crippen molar-refractivity contribution in [2.24, 2.45) is 11.8 Å². The van der Waals surface area contributed by atoms with Crippen LogP contribution in [0.1, 0.15) is 31.5 Å². The number of carbonyl (C=O) groups excluding carboxylic acids is 1. The lowest BCUT2D eigenvalue weighted by atomic mass is 9.91. The van der Waals surface area contributed by atoms with Crippen molar-refractivity contribution < 1.29 is 13.9 Å². The first-order valence-corrected chi connectivity index (χ1v) is 9.91. The first-order valence-electron chi connectivity index (χ1n) is 9.91. The summed E-state index contributed by atoms with van der Waals surface area (Å²) < 4.78 is 20.8. The van der Waals surface area contributed by atoms with Crippen molar-refractivity contribution in [3.63, 3.8) is 0 Å². The maximum absolute atomic E-state index is 14.2. The molecule has 0 atom stereocenters. The van der Waals surface area contributed by atoms with Crippen LogP contribution in [-0.4, -0.2) is 51.9 Å². The summed E-state index contributed by atoms with van der Waals surface area (Å²) in [4.78, 5) is 26.8. The first-order chi connectivity index (χ1) is 13.6. The topological polar surface area (TPSA) is 80.2 Å². The number of aromatic amines is 1. The van der Waals surface area contributed by atoms with Gasteiger partial charge in [0.05, 0.1) is 5.69 Å². The predicted molar refractivity (Wildman–Crippen MR) is 101 cm³/mol. The molecule has 1 amide bonds. The lowest BCUT2D eigenvalue weighted by Gasteiger charge is -2.35. The number of nitrogens with zero attached hydrogens (tertiary/aromatic N) is 3. The molecule has 4 rings (SSSR count). The van der Waals surface area contributed by atoms with Crippen molar-refractivity contribution >= 4 is 5.91 Å². The molecule has 1 aromatic carbocycles. The number of aromatic nitrogens is 3. The first kappa shape index (κ1) is 18.9. The van der Waals surface area contributed by atoms with E-state index >= 15 is 0 Å². The molecule has 0 radical (unpaired) electrons. The summed E-state index contributed by atoms with van der Waals surface area (Å²) in [5.41, 5.74) is -0.226. The molecule has 7 nitrogen and oxygen atoms in total. The van der Waals surface area contributed by atoms with Crippen LogP contribution in [0.25, 0.3) is 5.69 Å². The summed E-state index contributed by atoms with van der Waals surface area (Å²) in [5, 5.41) is 6.56. The number of piperidine rings is 1. The van der Waals surface area contributed by atoms with Crippen LogP contribution < -0.4 is 5.69 Å². The zero-order valence-corrected chi connectivity index (χ0v) is 15.8. The molecule has 0 aliphatic carbocycles. The van der Waals surface area contributed by atoms with Crippen LogP contribution in [0, 0.1) is 17.7 Å². The molecule has 0 unspecified atom stereocenters. The van der Waals surface area contributed by atoms with E-state index in [9.17, 15) is 14.0 Å². The van der Waals surface area contributed by atoms with Gasteiger partial charge < -0.3 is 9.64 Å². The number of rotatable bonds is 4. The molecule has 0 bridgehead atoms. The molecule has 0 saturated carbocycles. The molecule has 2 aliphatic rings. The van der Waals surface area contributed by atoms with Gasteiger partial charge in [-0.15, -0.1) is 0 Å². The number of halogens is 1. The van der Waals surface area contributed by atoms with Gasteiger partial charge in [0.1, 0.15) is 11.6 Å². The van der Waals surface area contributed by atoms with Gasteiger partial charge >= 0.3 is 5.69 Å². The Morgan fingerprint density at radius 3 is 2.61 bits per heavy atom. The Kier molecular flexibility index (Phi) is 5.57. The number of amides is 1. The summed E-state index contributed by atoms with van der Waals surface area (Å²) in [5.74, 6) is 0.709. The molecule has 1 N–H and O–H groups in total. The molecule has 1 aromatic heterocycles. The maximum Gasteiger partial charge on any atom is 0.348 e. The molecule has 150 valence electrons. The van der Waals surface area contributed by atoms with E-state index in [1.807, 2.05) is 4.90 Å². The Hall–Kier alpha value is -2.48. The molecule has 8 heteroatoms. The molecule has 2 aliphatic heterocycles. The Morgan fingerprint density at radius 1 is 1.18 bits per heavy atom. The number of ether oxygens (including phenoxy) is 1. The second-order valence-corrected chi connectivity index (χ2v) is 7.59. The van der Waals surface area contributed by atoms with Gasteiger partial charge in [-0.25, -0.2) is 18.9 Å². The SMILES string of the molecule is O=C(C1CCOCC1)N1CCC(Cc2n[nH]c(=O)n2-c2ccccc2F)CC1. The van der Waals surface area contributed by atoms with Gasteiger partial charge in [-0.05, 0) is 43.7 Å². The fourth-order valence-corrected chi connectivity index (χ4v) is 4.17. The monoisotopic (exact) mass is 388 g/mol. The van der Waals surface area contributed by atoms with Crippen molar-refractivity contribution in [3.8, 4) is 5.69 Å². The van der Waals surface area contributed by atoms with Gasteiger partial charge in [0.2, 0.25) is 5.91 Å². The van der Waals surface area contributed by atoms with Crippen molar-refractivity contribution in [2.75, 3.05) is 26.3 Å². The largest absolute Gasteiger partial charge is 0.381 e. The number of benzene rings is 1. The maximum atomic E-state index is 14.2. The number of nitrogens with one attached hydrogen (secondary N) is 1.